The van der Waals surface area contributed by atoms with Gasteiger partial charge in [0.25, 0.3) is 0 Å². The zero-order valence-corrected chi connectivity index (χ0v) is 10.1. The number of nitrogens with one attached hydrogen (secondary N) is 2. The quantitative estimate of drug-likeness (QED) is 0.656. The summed E-state index contributed by atoms with van der Waals surface area (Å²) >= 11 is 0. The predicted octanol–water partition coefficient (Wildman–Crippen LogP) is 1.51. The van der Waals surface area contributed by atoms with Crippen molar-refractivity contribution in [2.24, 2.45) is 0 Å². The van der Waals surface area contributed by atoms with E-state index in [0.717, 1.165) is 31.8 Å². The number of hydrogen-bond donors (Lipinski definition) is 2. The van der Waals surface area contributed by atoms with Crippen molar-refractivity contribution in [3.8, 4) is 0 Å². The van der Waals surface area contributed by atoms with Crippen molar-refractivity contribution in [3.63, 3.8) is 0 Å². The molecule has 0 aromatic carbocycles. The summed E-state index contributed by atoms with van der Waals surface area (Å²) in [6.07, 6.45) is 4.68. The van der Waals surface area contributed by atoms with Crippen molar-refractivity contribution in [1.82, 2.24) is 10.3 Å². The fraction of sp³-hybridized carbons (Fsp3) is 0.583. The average Bonchev–Trinajstić information content (AvgIpc) is 2.30. The fourth-order valence-corrected chi connectivity index (χ4v) is 1.45. The minimum atomic E-state index is 0.422. The molecule has 4 heteroatoms. The number of methoxy groups -OCH3 is 1. The van der Waals surface area contributed by atoms with E-state index < -0.39 is 0 Å². The molecule has 0 spiro atoms. The van der Waals surface area contributed by atoms with E-state index in [1.807, 2.05) is 12.1 Å². The summed E-state index contributed by atoms with van der Waals surface area (Å²) < 4.78 is 5.04. The molecule has 1 aromatic rings. The first-order chi connectivity index (χ1) is 7.83. The van der Waals surface area contributed by atoms with Gasteiger partial charge in [0.2, 0.25) is 0 Å². The van der Waals surface area contributed by atoms with Gasteiger partial charge in [-0.3, -0.25) is 4.98 Å². The molecule has 0 radical (unpaired) electrons. The fourth-order valence-electron chi connectivity index (χ4n) is 1.45. The third-order valence-corrected chi connectivity index (χ3v) is 2.27. The smallest absolute Gasteiger partial charge is 0.0613 e. The first kappa shape index (κ1) is 12.9. The lowest BCUT2D eigenvalue weighted by Crippen LogP contribution is -2.31. The van der Waals surface area contributed by atoms with E-state index >= 15 is 0 Å². The summed E-state index contributed by atoms with van der Waals surface area (Å²) in [5.41, 5.74) is 1.12. The van der Waals surface area contributed by atoms with Crippen LogP contribution in [0.4, 0.5) is 5.69 Å². The summed E-state index contributed by atoms with van der Waals surface area (Å²) in [6.45, 7) is 4.86. The predicted molar refractivity (Wildman–Crippen MR) is 66.7 cm³/mol. The molecule has 0 aliphatic rings. The highest BCUT2D eigenvalue weighted by Crippen LogP contribution is 2.02. The van der Waals surface area contributed by atoms with E-state index in [1.165, 1.54) is 0 Å². The maximum atomic E-state index is 5.04. The van der Waals surface area contributed by atoms with E-state index in [-0.39, 0.29) is 0 Å². The molecule has 16 heavy (non-hydrogen) atoms. The van der Waals surface area contributed by atoms with Gasteiger partial charge in [0.1, 0.15) is 0 Å². The van der Waals surface area contributed by atoms with Crippen LogP contribution >= 0.6 is 0 Å². The topological polar surface area (TPSA) is 46.2 Å². The summed E-state index contributed by atoms with van der Waals surface area (Å²) in [5.74, 6) is 0. The normalized spacial score (nSPS) is 12.4. The van der Waals surface area contributed by atoms with Crippen LogP contribution in [-0.4, -0.2) is 37.8 Å². The number of hydrogen-bond acceptors (Lipinski definition) is 4. The van der Waals surface area contributed by atoms with Crippen LogP contribution in [0.15, 0.2) is 24.5 Å². The maximum absolute atomic E-state index is 5.04. The monoisotopic (exact) mass is 223 g/mol. The van der Waals surface area contributed by atoms with Gasteiger partial charge in [0.15, 0.2) is 0 Å². The van der Waals surface area contributed by atoms with Crippen molar-refractivity contribution in [3.05, 3.63) is 24.5 Å². The molecule has 1 heterocycles. The summed E-state index contributed by atoms with van der Waals surface area (Å²) in [4.78, 5) is 3.97. The van der Waals surface area contributed by atoms with Crippen molar-refractivity contribution in [1.29, 1.82) is 0 Å². The Labute approximate surface area is 97.4 Å². The molecule has 0 amide bonds. The number of anilines is 1. The third kappa shape index (κ3) is 5.68. The zero-order chi connectivity index (χ0) is 11.6. The highest BCUT2D eigenvalue weighted by Gasteiger charge is 1.98. The molecule has 1 unspecified atom stereocenters. The number of nitrogens with zero attached hydrogens (tertiary/aromatic N) is 1. The Morgan fingerprint density at radius 1 is 1.31 bits per heavy atom. The first-order valence-electron chi connectivity index (χ1n) is 5.69. The minimum absolute atomic E-state index is 0.422. The van der Waals surface area contributed by atoms with Crippen molar-refractivity contribution >= 4 is 5.69 Å². The highest BCUT2D eigenvalue weighted by atomic mass is 16.5. The molecule has 0 saturated carbocycles. The highest BCUT2D eigenvalue weighted by molar-refractivity contribution is 5.40. The Hall–Kier alpha value is -1.13. The largest absolute Gasteiger partial charge is 0.385 e. The molecule has 4 nitrogen and oxygen atoms in total. The van der Waals surface area contributed by atoms with Gasteiger partial charge < -0.3 is 15.4 Å². The lowest BCUT2D eigenvalue weighted by Gasteiger charge is -2.12. The van der Waals surface area contributed by atoms with Crippen LogP contribution in [0.1, 0.15) is 13.3 Å². The van der Waals surface area contributed by atoms with Crippen molar-refractivity contribution in [2.75, 3.05) is 32.1 Å². The molecule has 2 N–H and O–H groups in total. The van der Waals surface area contributed by atoms with Gasteiger partial charge in [0.05, 0.1) is 6.61 Å². The van der Waals surface area contributed by atoms with E-state index in [4.69, 9.17) is 4.74 Å². The molecule has 0 aliphatic heterocycles. The molecule has 0 aliphatic carbocycles. The van der Waals surface area contributed by atoms with E-state index in [0.29, 0.717) is 6.04 Å². The standard InChI is InChI=1S/C12H21N3O/c1-11(10-16-2)14-6-3-7-15-12-4-8-13-9-5-12/h4-5,8-9,11,14H,3,6-7,10H2,1-2H3,(H,13,15). The first-order valence-corrected chi connectivity index (χ1v) is 5.69. The van der Waals surface area contributed by atoms with Crippen LogP contribution in [-0.2, 0) is 4.74 Å². The van der Waals surface area contributed by atoms with Crippen LogP contribution in [0.25, 0.3) is 0 Å². The molecule has 0 saturated heterocycles. The lowest BCUT2D eigenvalue weighted by molar-refractivity contribution is 0.172. The second-order valence-corrected chi connectivity index (χ2v) is 3.83. The van der Waals surface area contributed by atoms with E-state index in [1.54, 1.807) is 19.5 Å². The van der Waals surface area contributed by atoms with Gasteiger partial charge in [0, 0.05) is 37.8 Å². The lowest BCUT2D eigenvalue weighted by atomic mass is 10.3. The van der Waals surface area contributed by atoms with E-state index in [2.05, 4.69) is 22.5 Å². The Kier molecular flexibility index (Phi) is 6.53. The summed E-state index contributed by atoms with van der Waals surface area (Å²) in [7, 11) is 1.73. The van der Waals surface area contributed by atoms with Crippen molar-refractivity contribution < 1.29 is 4.74 Å². The molecule has 1 atom stereocenters. The summed E-state index contributed by atoms with van der Waals surface area (Å²) in [5, 5.41) is 6.73. The number of ether oxygens (including phenoxy) is 1. The molecule has 0 fully saturated rings. The second-order valence-electron chi connectivity index (χ2n) is 3.83. The Morgan fingerprint density at radius 2 is 2.06 bits per heavy atom. The van der Waals surface area contributed by atoms with Gasteiger partial charge in [-0.2, -0.15) is 0 Å². The van der Waals surface area contributed by atoms with Gasteiger partial charge in [-0.25, -0.2) is 0 Å². The average molecular weight is 223 g/mol. The van der Waals surface area contributed by atoms with Gasteiger partial charge in [-0.05, 0) is 32.0 Å². The molecular weight excluding hydrogens is 202 g/mol. The van der Waals surface area contributed by atoms with Crippen LogP contribution in [0.3, 0.4) is 0 Å². The van der Waals surface area contributed by atoms with Crippen molar-refractivity contribution in [2.45, 2.75) is 19.4 Å². The molecule has 0 bridgehead atoms. The van der Waals surface area contributed by atoms with Crippen LogP contribution < -0.4 is 10.6 Å². The molecule has 90 valence electrons. The zero-order valence-electron chi connectivity index (χ0n) is 10.1. The van der Waals surface area contributed by atoms with Gasteiger partial charge >= 0.3 is 0 Å². The molecular formula is C12H21N3O. The minimum Gasteiger partial charge on any atom is -0.385 e. The number of aromatic nitrogens is 1. The Balaban J connectivity index is 2.00. The Morgan fingerprint density at radius 3 is 2.75 bits per heavy atom. The Bertz CT molecular complexity index is 266. The van der Waals surface area contributed by atoms with Crippen LogP contribution in [0, 0.1) is 0 Å². The summed E-state index contributed by atoms with van der Waals surface area (Å²) in [6, 6.07) is 4.37. The third-order valence-electron chi connectivity index (χ3n) is 2.27. The van der Waals surface area contributed by atoms with Gasteiger partial charge in [-0.1, -0.05) is 0 Å². The number of pyridine rings is 1. The molecule has 1 aromatic heterocycles. The van der Waals surface area contributed by atoms with Gasteiger partial charge in [-0.15, -0.1) is 0 Å². The van der Waals surface area contributed by atoms with E-state index in [9.17, 15) is 0 Å². The maximum Gasteiger partial charge on any atom is 0.0613 e. The van der Waals surface area contributed by atoms with Crippen LogP contribution in [0.2, 0.25) is 0 Å². The number of rotatable bonds is 8. The molecule has 1 rings (SSSR count). The second kappa shape index (κ2) is 8.07. The van der Waals surface area contributed by atoms with Crippen LogP contribution in [0.5, 0.6) is 0 Å². The SMILES string of the molecule is COCC(C)NCCCNc1ccncc1.